The number of carbonyl (C=O) groups excluding carboxylic acids is 1. The Labute approximate surface area is 127 Å². The van der Waals surface area contributed by atoms with Gasteiger partial charge < -0.3 is 15.8 Å². The Bertz CT molecular complexity index is 326. The summed E-state index contributed by atoms with van der Waals surface area (Å²) < 4.78 is 4.93. The van der Waals surface area contributed by atoms with Crippen LogP contribution in [0.1, 0.15) is 38.5 Å². The molecule has 116 valence electrons. The molecule has 20 heavy (non-hydrogen) atoms. The van der Waals surface area contributed by atoms with Crippen LogP contribution in [0.5, 0.6) is 0 Å². The zero-order valence-corrected chi connectivity index (χ0v) is 13.1. The molecule has 4 aliphatic rings. The highest BCUT2D eigenvalue weighted by Gasteiger charge is 2.50. The van der Waals surface area contributed by atoms with Crippen LogP contribution in [0.15, 0.2) is 0 Å². The molecule has 4 nitrogen and oxygen atoms in total. The average Bonchev–Trinajstić information content (AvgIpc) is 2.34. The molecule has 0 aromatic heterocycles. The van der Waals surface area contributed by atoms with Crippen LogP contribution in [-0.2, 0) is 9.53 Å². The summed E-state index contributed by atoms with van der Waals surface area (Å²) in [5.74, 6) is 2.72. The second-order valence-electron chi connectivity index (χ2n) is 7.20. The summed E-state index contributed by atoms with van der Waals surface area (Å²) in [7, 11) is 1.58. The number of rotatable bonds is 5. The van der Waals surface area contributed by atoms with Crippen molar-refractivity contribution >= 4 is 18.3 Å². The van der Waals surface area contributed by atoms with E-state index in [4.69, 9.17) is 10.5 Å². The van der Waals surface area contributed by atoms with E-state index in [9.17, 15) is 4.79 Å². The monoisotopic (exact) mass is 302 g/mol. The van der Waals surface area contributed by atoms with Crippen molar-refractivity contribution in [2.24, 2.45) is 28.9 Å². The predicted molar refractivity (Wildman–Crippen MR) is 80.7 cm³/mol. The Hall–Kier alpha value is -0.320. The minimum absolute atomic E-state index is 0. The minimum Gasteiger partial charge on any atom is -0.383 e. The first-order chi connectivity index (χ1) is 9.10. The second-order valence-corrected chi connectivity index (χ2v) is 7.20. The van der Waals surface area contributed by atoms with Crippen LogP contribution in [0.25, 0.3) is 0 Å². The van der Waals surface area contributed by atoms with E-state index in [0.29, 0.717) is 12.0 Å². The van der Waals surface area contributed by atoms with Gasteiger partial charge in [-0.1, -0.05) is 0 Å². The molecule has 0 saturated heterocycles. The third kappa shape index (κ3) is 3.12. The first-order valence-corrected chi connectivity index (χ1v) is 7.62. The summed E-state index contributed by atoms with van der Waals surface area (Å²) in [6, 6.07) is -0.529. The number of nitrogens with one attached hydrogen (secondary N) is 1. The SMILES string of the molecule is COCC(N)C(=O)NCC12CC3CC(CC(C3)C1)C2.Cl. The van der Waals surface area contributed by atoms with Crippen LogP contribution in [0, 0.1) is 23.2 Å². The Kier molecular flexibility index (Phi) is 4.98. The molecule has 0 aromatic rings. The van der Waals surface area contributed by atoms with Gasteiger partial charge >= 0.3 is 0 Å². The topological polar surface area (TPSA) is 64.3 Å². The van der Waals surface area contributed by atoms with E-state index >= 15 is 0 Å². The van der Waals surface area contributed by atoms with E-state index in [1.807, 2.05) is 0 Å². The third-order valence-corrected chi connectivity index (χ3v) is 5.49. The molecule has 4 aliphatic carbocycles. The lowest BCUT2D eigenvalue weighted by Gasteiger charge is -2.57. The molecule has 4 saturated carbocycles. The molecule has 0 aliphatic heterocycles. The molecule has 1 unspecified atom stereocenters. The summed E-state index contributed by atoms with van der Waals surface area (Å²) in [4.78, 5) is 11.9. The van der Waals surface area contributed by atoms with Crippen molar-refractivity contribution in [2.45, 2.75) is 44.6 Å². The van der Waals surface area contributed by atoms with Gasteiger partial charge in [0.2, 0.25) is 5.91 Å². The van der Waals surface area contributed by atoms with Crippen molar-refractivity contribution in [2.75, 3.05) is 20.3 Å². The molecule has 0 radical (unpaired) electrons. The van der Waals surface area contributed by atoms with Crippen LogP contribution in [0.2, 0.25) is 0 Å². The maximum Gasteiger partial charge on any atom is 0.239 e. The van der Waals surface area contributed by atoms with Gasteiger partial charge in [-0.05, 0) is 61.7 Å². The van der Waals surface area contributed by atoms with Crippen LogP contribution in [0.4, 0.5) is 0 Å². The maximum absolute atomic E-state index is 11.9. The van der Waals surface area contributed by atoms with Crippen LogP contribution in [0.3, 0.4) is 0 Å². The van der Waals surface area contributed by atoms with E-state index in [2.05, 4.69) is 5.32 Å². The highest BCUT2D eigenvalue weighted by atomic mass is 35.5. The van der Waals surface area contributed by atoms with Crippen molar-refractivity contribution in [1.82, 2.24) is 5.32 Å². The van der Waals surface area contributed by atoms with Crippen LogP contribution < -0.4 is 11.1 Å². The quantitative estimate of drug-likeness (QED) is 0.813. The Balaban J connectivity index is 0.00000147. The fourth-order valence-corrected chi connectivity index (χ4v) is 5.17. The van der Waals surface area contributed by atoms with Gasteiger partial charge in [0.15, 0.2) is 0 Å². The zero-order chi connectivity index (χ0) is 13.5. The van der Waals surface area contributed by atoms with Crippen molar-refractivity contribution in [3.8, 4) is 0 Å². The lowest BCUT2D eigenvalue weighted by atomic mass is 9.49. The van der Waals surface area contributed by atoms with Gasteiger partial charge in [0.1, 0.15) is 6.04 Å². The molecule has 5 heteroatoms. The molecular weight excluding hydrogens is 276 g/mol. The molecule has 3 N–H and O–H groups in total. The van der Waals surface area contributed by atoms with Gasteiger partial charge in [-0.15, -0.1) is 12.4 Å². The Morgan fingerprint density at radius 1 is 1.25 bits per heavy atom. The lowest BCUT2D eigenvalue weighted by molar-refractivity contribution is -0.125. The van der Waals surface area contributed by atoms with Gasteiger partial charge in [0, 0.05) is 13.7 Å². The smallest absolute Gasteiger partial charge is 0.239 e. The molecule has 0 heterocycles. The standard InChI is InChI=1S/C15H26N2O2.ClH/c1-19-8-13(16)14(18)17-9-15-5-10-2-11(6-15)4-12(3-10)7-15;/h10-13H,2-9,16H2,1H3,(H,17,18);1H. The number of nitrogens with two attached hydrogens (primary N) is 1. The number of hydrogen-bond donors (Lipinski definition) is 2. The fraction of sp³-hybridized carbons (Fsp3) is 0.933. The second kappa shape index (κ2) is 6.20. The van der Waals surface area contributed by atoms with E-state index in [1.54, 1.807) is 7.11 Å². The summed E-state index contributed by atoms with van der Waals surface area (Å²) in [6.45, 7) is 1.12. The molecule has 0 spiro atoms. The zero-order valence-electron chi connectivity index (χ0n) is 12.3. The van der Waals surface area contributed by atoms with Crippen LogP contribution in [-0.4, -0.2) is 32.2 Å². The molecule has 1 amide bonds. The van der Waals surface area contributed by atoms with Crippen molar-refractivity contribution in [3.05, 3.63) is 0 Å². The van der Waals surface area contributed by atoms with E-state index in [-0.39, 0.29) is 18.3 Å². The van der Waals surface area contributed by atoms with Gasteiger partial charge in [0.05, 0.1) is 6.61 Å². The molecule has 1 atom stereocenters. The summed E-state index contributed by atoms with van der Waals surface area (Å²) in [6.07, 6.45) is 8.28. The maximum atomic E-state index is 11.9. The highest BCUT2D eigenvalue weighted by Crippen LogP contribution is 2.59. The van der Waals surface area contributed by atoms with Crippen molar-refractivity contribution in [1.29, 1.82) is 0 Å². The number of amides is 1. The molecule has 0 aromatic carbocycles. The number of halogens is 1. The number of ether oxygens (including phenoxy) is 1. The van der Waals surface area contributed by atoms with Crippen molar-refractivity contribution < 1.29 is 9.53 Å². The molecular formula is C15H27ClN2O2. The van der Waals surface area contributed by atoms with E-state index in [1.165, 1.54) is 38.5 Å². The van der Waals surface area contributed by atoms with Gasteiger partial charge in [-0.2, -0.15) is 0 Å². The lowest BCUT2D eigenvalue weighted by Crippen LogP contribution is -2.53. The summed E-state index contributed by atoms with van der Waals surface area (Å²) >= 11 is 0. The van der Waals surface area contributed by atoms with E-state index in [0.717, 1.165) is 24.3 Å². The summed E-state index contributed by atoms with van der Waals surface area (Å²) in [5.41, 5.74) is 6.15. The molecule has 4 bridgehead atoms. The molecule has 4 fully saturated rings. The first-order valence-electron chi connectivity index (χ1n) is 7.62. The van der Waals surface area contributed by atoms with E-state index < -0.39 is 6.04 Å². The average molecular weight is 303 g/mol. The minimum atomic E-state index is -0.529. The van der Waals surface area contributed by atoms with Gasteiger partial charge in [-0.3, -0.25) is 4.79 Å². The Morgan fingerprint density at radius 2 is 1.75 bits per heavy atom. The number of hydrogen-bond acceptors (Lipinski definition) is 3. The highest BCUT2D eigenvalue weighted by molar-refractivity contribution is 5.85. The normalized spacial score (nSPS) is 39.2. The predicted octanol–water partition coefficient (Wildman–Crippen LogP) is 1.71. The third-order valence-electron chi connectivity index (χ3n) is 5.49. The van der Waals surface area contributed by atoms with Gasteiger partial charge in [0.25, 0.3) is 0 Å². The van der Waals surface area contributed by atoms with Gasteiger partial charge in [-0.25, -0.2) is 0 Å². The number of carbonyl (C=O) groups is 1. The first kappa shape index (κ1) is 16.1. The van der Waals surface area contributed by atoms with Crippen molar-refractivity contribution in [3.63, 3.8) is 0 Å². The molecule has 4 rings (SSSR count). The summed E-state index contributed by atoms with van der Waals surface area (Å²) in [5, 5.41) is 3.08. The number of methoxy groups -OCH3 is 1. The fourth-order valence-electron chi connectivity index (χ4n) is 5.17. The Morgan fingerprint density at radius 3 is 2.20 bits per heavy atom. The van der Waals surface area contributed by atoms with Crippen LogP contribution >= 0.6 is 12.4 Å². The largest absolute Gasteiger partial charge is 0.383 e.